The maximum absolute atomic E-state index is 13.7. The number of amides is 1. The van der Waals surface area contributed by atoms with Gasteiger partial charge in [0.2, 0.25) is 0 Å². The van der Waals surface area contributed by atoms with E-state index in [0.29, 0.717) is 11.3 Å². The van der Waals surface area contributed by atoms with Crippen LogP contribution < -0.4 is 5.32 Å². The van der Waals surface area contributed by atoms with Gasteiger partial charge in [-0.15, -0.1) is 0 Å². The fourth-order valence-corrected chi connectivity index (χ4v) is 2.82. The molecule has 3 rings (SSSR count). The molecular formula is C22H17F2NO3. The van der Waals surface area contributed by atoms with Crippen molar-refractivity contribution in [2.45, 2.75) is 6.92 Å². The Bertz CT molecular complexity index is 1030. The Balaban J connectivity index is 1.85. The van der Waals surface area contributed by atoms with E-state index in [1.54, 1.807) is 36.4 Å². The molecule has 0 saturated carbocycles. The summed E-state index contributed by atoms with van der Waals surface area (Å²) in [5.74, 6) is -3.15. The largest absolute Gasteiger partial charge is 0.465 e. The van der Waals surface area contributed by atoms with Gasteiger partial charge in [-0.2, -0.15) is 0 Å². The molecule has 0 aromatic heterocycles. The van der Waals surface area contributed by atoms with Gasteiger partial charge in [0.05, 0.1) is 12.7 Å². The molecule has 0 bridgehead atoms. The zero-order valence-corrected chi connectivity index (χ0v) is 15.3. The number of benzene rings is 3. The molecule has 0 heterocycles. The molecular weight excluding hydrogens is 364 g/mol. The van der Waals surface area contributed by atoms with E-state index in [9.17, 15) is 18.4 Å². The Morgan fingerprint density at radius 3 is 2.18 bits per heavy atom. The van der Waals surface area contributed by atoms with Crippen molar-refractivity contribution in [2.75, 3.05) is 12.4 Å². The number of nitrogens with one attached hydrogen (secondary N) is 1. The summed E-state index contributed by atoms with van der Waals surface area (Å²) in [6.07, 6.45) is 0. The van der Waals surface area contributed by atoms with Crippen molar-refractivity contribution >= 4 is 17.6 Å². The van der Waals surface area contributed by atoms with Crippen LogP contribution >= 0.6 is 0 Å². The van der Waals surface area contributed by atoms with Gasteiger partial charge < -0.3 is 10.1 Å². The van der Waals surface area contributed by atoms with Crippen LogP contribution in [-0.4, -0.2) is 19.0 Å². The Morgan fingerprint density at radius 2 is 1.57 bits per heavy atom. The van der Waals surface area contributed by atoms with Crippen LogP contribution in [0.1, 0.15) is 26.3 Å². The van der Waals surface area contributed by atoms with Crippen molar-refractivity contribution in [3.8, 4) is 11.1 Å². The van der Waals surface area contributed by atoms with Crippen LogP contribution in [0.2, 0.25) is 0 Å². The predicted octanol–water partition coefficient (Wildman–Crippen LogP) is 4.98. The number of carbonyl (C=O) groups is 2. The van der Waals surface area contributed by atoms with Gasteiger partial charge in [-0.05, 0) is 60.0 Å². The second kappa shape index (κ2) is 8.00. The van der Waals surface area contributed by atoms with Crippen LogP contribution in [0.15, 0.2) is 60.7 Å². The minimum atomic E-state index is -0.927. The summed E-state index contributed by atoms with van der Waals surface area (Å²) < 4.78 is 32.2. The van der Waals surface area contributed by atoms with Gasteiger partial charge in [-0.3, -0.25) is 4.79 Å². The number of halogens is 2. The van der Waals surface area contributed by atoms with Crippen LogP contribution in [-0.2, 0) is 4.74 Å². The minimum Gasteiger partial charge on any atom is -0.465 e. The fraction of sp³-hybridized carbons (Fsp3) is 0.0909. The Morgan fingerprint density at radius 1 is 0.929 bits per heavy atom. The summed E-state index contributed by atoms with van der Waals surface area (Å²) in [7, 11) is 1.32. The molecule has 0 radical (unpaired) electrons. The van der Waals surface area contributed by atoms with E-state index < -0.39 is 29.1 Å². The maximum atomic E-state index is 13.7. The molecule has 0 spiro atoms. The summed E-state index contributed by atoms with van der Waals surface area (Å²) >= 11 is 0. The highest BCUT2D eigenvalue weighted by atomic mass is 19.1. The first-order valence-corrected chi connectivity index (χ1v) is 8.45. The third-order valence-corrected chi connectivity index (χ3v) is 4.30. The van der Waals surface area contributed by atoms with Crippen molar-refractivity contribution < 1.29 is 23.1 Å². The Kier molecular flexibility index (Phi) is 5.49. The SMILES string of the molecule is COC(=O)c1ccc(C)c(-c2ccc(NC(=O)c3c(F)cccc3F)cc2)c1. The van der Waals surface area contributed by atoms with Gasteiger partial charge in [0.1, 0.15) is 17.2 Å². The Labute approximate surface area is 160 Å². The number of anilines is 1. The molecule has 3 aromatic carbocycles. The minimum absolute atomic E-state index is 0.387. The van der Waals surface area contributed by atoms with Gasteiger partial charge in [-0.1, -0.05) is 24.3 Å². The standard InChI is InChI=1S/C22H17F2NO3/c1-13-6-7-15(22(27)28-2)12-17(13)14-8-10-16(11-9-14)25-21(26)20-18(23)4-3-5-19(20)24/h3-12H,1-2H3,(H,25,26). The summed E-state index contributed by atoms with van der Waals surface area (Å²) in [5, 5.41) is 2.48. The molecule has 142 valence electrons. The first-order valence-electron chi connectivity index (χ1n) is 8.45. The highest BCUT2D eigenvalue weighted by molar-refractivity contribution is 6.04. The third-order valence-electron chi connectivity index (χ3n) is 4.30. The van der Waals surface area contributed by atoms with Crippen molar-refractivity contribution in [3.63, 3.8) is 0 Å². The lowest BCUT2D eigenvalue weighted by Crippen LogP contribution is -2.15. The summed E-state index contributed by atoms with van der Waals surface area (Å²) in [6, 6.07) is 15.2. The van der Waals surface area contributed by atoms with E-state index in [1.807, 2.05) is 13.0 Å². The summed E-state index contributed by atoms with van der Waals surface area (Å²) in [4.78, 5) is 23.9. The molecule has 0 aliphatic rings. The quantitative estimate of drug-likeness (QED) is 0.649. The number of hydrogen-bond acceptors (Lipinski definition) is 3. The van der Waals surface area contributed by atoms with Crippen molar-refractivity contribution in [1.82, 2.24) is 0 Å². The van der Waals surface area contributed by atoms with E-state index in [1.165, 1.54) is 13.2 Å². The third kappa shape index (κ3) is 3.91. The van der Waals surface area contributed by atoms with E-state index in [4.69, 9.17) is 4.74 Å². The number of ether oxygens (including phenoxy) is 1. The first-order chi connectivity index (χ1) is 13.4. The second-order valence-electron chi connectivity index (χ2n) is 6.15. The molecule has 4 nitrogen and oxygen atoms in total. The molecule has 6 heteroatoms. The normalized spacial score (nSPS) is 10.4. The van der Waals surface area contributed by atoms with E-state index in [0.717, 1.165) is 28.8 Å². The lowest BCUT2D eigenvalue weighted by atomic mass is 9.98. The topological polar surface area (TPSA) is 55.4 Å². The van der Waals surface area contributed by atoms with Crippen LogP contribution in [0, 0.1) is 18.6 Å². The number of aryl methyl sites for hydroxylation is 1. The maximum Gasteiger partial charge on any atom is 0.337 e. The lowest BCUT2D eigenvalue weighted by molar-refractivity contribution is 0.0600. The first kappa shape index (κ1) is 19.2. The zero-order valence-electron chi connectivity index (χ0n) is 15.3. The van der Waals surface area contributed by atoms with Gasteiger partial charge in [0.15, 0.2) is 0 Å². The van der Waals surface area contributed by atoms with E-state index in [-0.39, 0.29) is 0 Å². The lowest BCUT2D eigenvalue weighted by Gasteiger charge is -2.11. The predicted molar refractivity (Wildman–Crippen MR) is 102 cm³/mol. The average Bonchev–Trinajstić information content (AvgIpc) is 2.68. The molecule has 28 heavy (non-hydrogen) atoms. The van der Waals surface area contributed by atoms with Crippen LogP contribution in [0.4, 0.5) is 14.5 Å². The molecule has 1 N–H and O–H groups in total. The van der Waals surface area contributed by atoms with Gasteiger partial charge >= 0.3 is 5.97 Å². The highest BCUT2D eigenvalue weighted by Crippen LogP contribution is 2.26. The second-order valence-corrected chi connectivity index (χ2v) is 6.15. The summed E-state index contributed by atoms with van der Waals surface area (Å²) in [5.41, 5.74) is 2.79. The monoisotopic (exact) mass is 381 g/mol. The molecule has 0 unspecified atom stereocenters. The molecule has 0 aliphatic carbocycles. The van der Waals surface area contributed by atoms with Gasteiger partial charge in [0, 0.05) is 5.69 Å². The molecule has 0 fully saturated rings. The van der Waals surface area contributed by atoms with Gasteiger partial charge in [-0.25, -0.2) is 13.6 Å². The number of esters is 1. The summed E-state index contributed by atoms with van der Waals surface area (Å²) in [6.45, 7) is 1.91. The van der Waals surface area contributed by atoms with Crippen molar-refractivity contribution in [1.29, 1.82) is 0 Å². The molecule has 3 aromatic rings. The highest BCUT2D eigenvalue weighted by Gasteiger charge is 2.17. The fourth-order valence-electron chi connectivity index (χ4n) is 2.82. The average molecular weight is 381 g/mol. The number of carbonyl (C=O) groups excluding carboxylic acids is 2. The van der Waals surface area contributed by atoms with Crippen LogP contribution in [0.5, 0.6) is 0 Å². The smallest absolute Gasteiger partial charge is 0.337 e. The number of hydrogen-bond donors (Lipinski definition) is 1. The van der Waals surface area contributed by atoms with Crippen LogP contribution in [0.3, 0.4) is 0 Å². The molecule has 0 saturated heterocycles. The molecule has 0 atom stereocenters. The number of methoxy groups -OCH3 is 1. The molecule has 0 aliphatic heterocycles. The van der Waals surface area contributed by atoms with Crippen molar-refractivity contribution in [2.24, 2.45) is 0 Å². The van der Waals surface area contributed by atoms with Gasteiger partial charge in [0.25, 0.3) is 5.91 Å². The van der Waals surface area contributed by atoms with Crippen LogP contribution in [0.25, 0.3) is 11.1 Å². The van der Waals surface area contributed by atoms with E-state index >= 15 is 0 Å². The molecule has 1 amide bonds. The zero-order chi connectivity index (χ0) is 20.3. The Hall–Kier alpha value is -3.54. The van der Waals surface area contributed by atoms with E-state index in [2.05, 4.69) is 5.32 Å². The van der Waals surface area contributed by atoms with Crippen molar-refractivity contribution in [3.05, 3.63) is 89.0 Å². The number of rotatable bonds is 4.